The molecule has 5 rings (SSSR count). The molecule has 25 heavy (non-hydrogen) atoms. The van der Waals surface area contributed by atoms with E-state index in [9.17, 15) is 14.4 Å². The smallest absolute Gasteiger partial charge is 0.320 e. The average molecular weight is 339 g/mol. The Labute approximate surface area is 146 Å². The molecule has 4 amide bonds. The van der Waals surface area contributed by atoms with Gasteiger partial charge in [-0.05, 0) is 49.3 Å². The number of hydrogen-bond donors (Lipinski definition) is 2. The summed E-state index contributed by atoms with van der Waals surface area (Å²) in [5.74, 6) is -0.444. The van der Waals surface area contributed by atoms with E-state index in [-0.39, 0.29) is 42.2 Å². The predicted molar refractivity (Wildman–Crippen MR) is 92.4 cm³/mol. The van der Waals surface area contributed by atoms with Gasteiger partial charge in [0.1, 0.15) is 6.67 Å². The number of aryl methyl sites for hydroxylation is 1. The highest BCUT2D eigenvalue weighted by Crippen LogP contribution is 2.49. The number of anilines is 1. The summed E-state index contributed by atoms with van der Waals surface area (Å²) in [5.41, 5.74) is 1.71. The van der Waals surface area contributed by atoms with Gasteiger partial charge in [-0.2, -0.15) is 0 Å². The molecular formula is C19H21N3O3. The maximum atomic E-state index is 12.7. The number of nitrogens with zero attached hydrogens (tertiary/aromatic N) is 1. The maximum Gasteiger partial charge on any atom is 0.320 e. The number of carbonyl (C=O) groups excluding carboxylic acids is 3. The fourth-order valence-corrected chi connectivity index (χ4v) is 4.34. The lowest BCUT2D eigenvalue weighted by molar-refractivity contribution is -0.140. The molecule has 6 heteroatoms. The first kappa shape index (κ1) is 15.9. The third-order valence-electron chi connectivity index (χ3n) is 5.52. The molecule has 1 saturated heterocycles. The number of carbonyl (C=O) groups is 3. The van der Waals surface area contributed by atoms with Crippen LogP contribution in [0.2, 0.25) is 0 Å². The molecule has 1 aliphatic heterocycles. The second-order valence-corrected chi connectivity index (χ2v) is 7.10. The van der Waals surface area contributed by atoms with Crippen molar-refractivity contribution >= 4 is 23.5 Å². The van der Waals surface area contributed by atoms with Crippen LogP contribution in [0, 0.1) is 30.6 Å². The van der Waals surface area contributed by atoms with Crippen molar-refractivity contribution in [3.05, 3.63) is 42.0 Å². The van der Waals surface area contributed by atoms with Gasteiger partial charge in [0, 0.05) is 5.69 Å². The Balaban J connectivity index is 1.39. The Morgan fingerprint density at radius 1 is 1.12 bits per heavy atom. The number of likely N-dealkylation sites (tertiary alicyclic amines) is 1. The number of hydrogen-bond acceptors (Lipinski definition) is 3. The molecule has 3 aliphatic carbocycles. The van der Waals surface area contributed by atoms with Crippen molar-refractivity contribution in [3.63, 3.8) is 0 Å². The Hall–Kier alpha value is -2.63. The van der Waals surface area contributed by atoms with Gasteiger partial charge in [0.25, 0.3) is 0 Å². The van der Waals surface area contributed by atoms with Gasteiger partial charge in [-0.25, -0.2) is 4.79 Å². The van der Waals surface area contributed by atoms with Crippen LogP contribution in [0.3, 0.4) is 0 Å². The molecule has 0 unspecified atom stereocenters. The van der Waals surface area contributed by atoms with Crippen LogP contribution in [-0.4, -0.2) is 29.4 Å². The number of amides is 4. The summed E-state index contributed by atoms with van der Waals surface area (Å²) in [7, 11) is 0. The summed E-state index contributed by atoms with van der Waals surface area (Å²) >= 11 is 0. The van der Waals surface area contributed by atoms with Crippen LogP contribution in [0.1, 0.15) is 18.4 Å². The first-order chi connectivity index (χ1) is 12.0. The van der Waals surface area contributed by atoms with Crippen molar-refractivity contribution in [2.45, 2.75) is 19.8 Å². The van der Waals surface area contributed by atoms with Gasteiger partial charge in [-0.15, -0.1) is 0 Å². The van der Waals surface area contributed by atoms with Crippen LogP contribution in [0.15, 0.2) is 36.4 Å². The SMILES string of the molecule is Cc1cccc(NC(=O)NCN2C(=O)[C@H]3[C@H](C2=O)[C@H]2C=C[C@H]3CC2)c1. The fourth-order valence-electron chi connectivity index (χ4n) is 4.34. The molecule has 4 aliphatic rings. The van der Waals surface area contributed by atoms with Crippen LogP contribution >= 0.6 is 0 Å². The number of rotatable bonds is 3. The number of nitrogens with one attached hydrogen (secondary N) is 2. The molecule has 4 atom stereocenters. The molecule has 1 heterocycles. The fraction of sp³-hybridized carbons (Fsp3) is 0.421. The minimum absolute atomic E-state index is 0.0816. The Morgan fingerprint density at radius 2 is 1.76 bits per heavy atom. The lowest BCUT2D eigenvalue weighted by atomic mass is 9.63. The van der Waals surface area contributed by atoms with Gasteiger partial charge in [-0.3, -0.25) is 14.5 Å². The van der Waals surface area contributed by atoms with Gasteiger partial charge in [0.2, 0.25) is 11.8 Å². The zero-order valence-electron chi connectivity index (χ0n) is 14.1. The van der Waals surface area contributed by atoms with Crippen LogP contribution in [0.25, 0.3) is 0 Å². The van der Waals surface area contributed by atoms with E-state index in [0.29, 0.717) is 5.69 Å². The van der Waals surface area contributed by atoms with Crippen molar-refractivity contribution in [2.24, 2.45) is 23.7 Å². The van der Waals surface area contributed by atoms with E-state index in [1.165, 1.54) is 4.90 Å². The Morgan fingerprint density at radius 3 is 2.32 bits per heavy atom. The van der Waals surface area contributed by atoms with Crippen molar-refractivity contribution in [1.82, 2.24) is 10.2 Å². The number of benzene rings is 1. The van der Waals surface area contributed by atoms with Gasteiger partial charge >= 0.3 is 6.03 Å². The molecule has 6 nitrogen and oxygen atoms in total. The quantitative estimate of drug-likeness (QED) is 0.655. The standard InChI is InChI=1S/C19H21N3O3/c1-11-3-2-4-14(9-11)21-19(25)20-10-22-17(23)15-12-5-6-13(8-7-12)16(15)18(22)24/h2-6,9,12-13,15-16H,7-8,10H2,1H3,(H2,20,21,25)/t12-,13-,15+,16+/m0/s1. The molecule has 2 bridgehead atoms. The maximum absolute atomic E-state index is 12.7. The number of allylic oxidation sites excluding steroid dienone is 2. The van der Waals surface area contributed by atoms with E-state index < -0.39 is 6.03 Å². The highest BCUT2D eigenvalue weighted by Gasteiger charge is 2.56. The third-order valence-corrected chi connectivity index (χ3v) is 5.52. The van der Waals surface area contributed by atoms with E-state index in [1.807, 2.05) is 25.1 Å². The van der Waals surface area contributed by atoms with Crippen LogP contribution < -0.4 is 10.6 Å². The summed E-state index contributed by atoms with van der Waals surface area (Å²) in [4.78, 5) is 38.6. The second kappa shape index (κ2) is 6.02. The lowest BCUT2D eigenvalue weighted by Gasteiger charge is -2.38. The zero-order valence-corrected chi connectivity index (χ0v) is 14.1. The minimum atomic E-state index is -0.429. The molecule has 2 N–H and O–H groups in total. The first-order valence-corrected chi connectivity index (χ1v) is 8.69. The summed E-state index contributed by atoms with van der Waals surface area (Å²) in [5, 5.41) is 5.34. The van der Waals surface area contributed by atoms with E-state index >= 15 is 0 Å². The highest BCUT2D eigenvalue weighted by atomic mass is 16.2. The van der Waals surface area contributed by atoms with Crippen molar-refractivity contribution in [3.8, 4) is 0 Å². The molecule has 1 aromatic rings. The zero-order chi connectivity index (χ0) is 17.6. The van der Waals surface area contributed by atoms with Crippen molar-refractivity contribution < 1.29 is 14.4 Å². The van der Waals surface area contributed by atoms with Crippen molar-refractivity contribution in [1.29, 1.82) is 0 Å². The molecule has 130 valence electrons. The molecule has 0 aromatic heterocycles. The van der Waals surface area contributed by atoms with Crippen LogP contribution in [-0.2, 0) is 9.59 Å². The topological polar surface area (TPSA) is 78.5 Å². The van der Waals surface area contributed by atoms with E-state index in [2.05, 4.69) is 22.8 Å². The molecular weight excluding hydrogens is 318 g/mol. The molecule has 1 saturated carbocycles. The summed E-state index contributed by atoms with van der Waals surface area (Å²) in [6.45, 7) is 1.86. The van der Waals surface area contributed by atoms with E-state index in [1.54, 1.807) is 6.07 Å². The Kier molecular flexibility index (Phi) is 3.82. The summed E-state index contributed by atoms with van der Waals surface area (Å²) < 4.78 is 0. The van der Waals surface area contributed by atoms with Gasteiger partial charge in [-0.1, -0.05) is 24.3 Å². The second-order valence-electron chi connectivity index (χ2n) is 7.10. The normalized spacial score (nSPS) is 29.7. The van der Waals surface area contributed by atoms with Crippen LogP contribution in [0.5, 0.6) is 0 Å². The number of urea groups is 1. The molecule has 1 aromatic carbocycles. The lowest BCUT2D eigenvalue weighted by Crippen LogP contribution is -2.43. The number of imide groups is 1. The number of fused-ring (bicyclic) bond motifs is 1. The Bertz CT molecular complexity index is 741. The molecule has 2 fully saturated rings. The van der Waals surface area contributed by atoms with E-state index in [4.69, 9.17) is 0 Å². The van der Waals surface area contributed by atoms with Crippen LogP contribution in [0.4, 0.5) is 10.5 Å². The first-order valence-electron chi connectivity index (χ1n) is 8.69. The monoisotopic (exact) mass is 339 g/mol. The summed E-state index contributed by atoms with van der Waals surface area (Å²) in [6.07, 6.45) is 6.11. The largest absolute Gasteiger partial charge is 0.320 e. The average Bonchev–Trinajstić information content (AvgIpc) is 2.87. The highest BCUT2D eigenvalue weighted by molar-refractivity contribution is 6.06. The summed E-state index contributed by atoms with van der Waals surface area (Å²) in [6, 6.07) is 7.00. The van der Waals surface area contributed by atoms with E-state index in [0.717, 1.165) is 18.4 Å². The third kappa shape index (κ3) is 2.71. The van der Waals surface area contributed by atoms with Crippen molar-refractivity contribution in [2.75, 3.05) is 12.0 Å². The predicted octanol–water partition coefficient (Wildman–Crippen LogP) is 2.27. The molecule has 0 radical (unpaired) electrons. The van der Waals surface area contributed by atoms with Gasteiger partial charge in [0.15, 0.2) is 0 Å². The van der Waals surface area contributed by atoms with Gasteiger partial charge in [0.05, 0.1) is 11.8 Å². The van der Waals surface area contributed by atoms with Gasteiger partial charge < -0.3 is 10.6 Å². The minimum Gasteiger partial charge on any atom is -0.320 e. The molecule has 0 spiro atoms.